The van der Waals surface area contributed by atoms with E-state index in [0.717, 1.165) is 35.1 Å². The third kappa shape index (κ3) is 3.54. The minimum Gasteiger partial charge on any atom is -0.489 e. The summed E-state index contributed by atoms with van der Waals surface area (Å²) in [5, 5.41) is 3.08. The Hall–Kier alpha value is -1.94. The van der Waals surface area contributed by atoms with Crippen LogP contribution in [0.15, 0.2) is 34.7 Å². The van der Waals surface area contributed by atoms with Crippen LogP contribution in [-0.4, -0.2) is 21.1 Å². The molecule has 1 aromatic carbocycles. The second-order valence-corrected chi connectivity index (χ2v) is 5.00. The predicted molar refractivity (Wildman–Crippen MR) is 81.3 cm³/mol. The summed E-state index contributed by atoms with van der Waals surface area (Å²) >= 11 is 0. The van der Waals surface area contributed by atoms with Crippen molar-refractivity contribution in [1.82, 2.24) is 5.32 Å². The molecular weight excluding hydrogens is 252 g/mol. The van der Waals surface area contributed by atoms with Gasteiger partial charge in [-0.2, -0.15) is 0 Å². The van der Waals surface area contributed by atoms with E-state index in [0.29, 0.717) is 6.61 Å². The average molecular weight is 274 g/mol. The van der Waals surface area contributed by atoms with Gasteiger partial charge >= 0.3 is 0 Å². The largest absolute Gasteiger partial charge is 0.489 e. The van der Waals surface area contributed by atoms with Crippen molar-refractivity contribution in [2.24, 2.45) is 0 Å². The second kappa shape index (κ2) is 6.48. The van der Waals surface area contributed by atoms with Crippen LogP contribution in [0, 0.1) is 6.92 Å². The minimum atomic E-state index is 0.524. The lowest BCUT2D eigenvalue weighted by molar-refractivity contribution is 0.303. The summed E-state index contributed by atoms with van der Waals surface area (Å²) in [6.45, 7) is 3.22. The lowest BCUT2D eigenvalue weighted by Crippen LogP contribution is -2.08. The summed E-state index contributed by atoms with van der Waals surface area (Å²) in [6, 6.07) is 10.1. The van der Waals surface area contributed by atoms with Crippen molar-refractivity contribution in [3.05, 3.63) is 47.4 Å². The molecule has 2 rings (SSSR count). The van der Waals surface area contributed by atoms with Crippen molar-refractivity contribution in [3.63, 3.8) is 0 Å². The van der Waals surface area contributed by atoms with E-state index in [1.807, 2.05) is 52.3 Å². The van der Waals surface area contributed by atoms with E-state index in [2.05, 4.69) is 16.3 Å². The van der Waals surface area contributed by atoms with Crippen molar-refractivity contribution in [1.29, 1.82) is 0 Å². The Bertz CT molecular complexity index is 561. The molecule has 1 heterocycles. The molecule has 0 spiro atoms. The van der Waals surface area contributed by atoms with Gasteiger partial charge in [0, 0.05) is 31.4 Å². The van der Waals surface area contributed by atoms with E-state index >= 15 is 0 Å². The molecule has 0 radical (unpaired) electrons. The molecule has 108 valence electrons. The van der Waals surface area contributed by atoms with E-state index in [4.69, 9.17) is 9.15 Å². The summed E-state index contributed by atoms with van der Waals surface area (Å²) in [7, 11) is 5.94. The second-order valence-electron chi connectivity index (χ2n) is 5.00. The first-order valence-electron chi connectivity index (χ1n) is 6.73. The van der Waals surface area contributed by atoms with E-state index in [9.17, 15) is 0 Å². The standard InChI is InChI=1S/C16H22N2O2/c1-12-13(8-16(20-12)10-17-2)11-19-15-7-5-6-14(9-15)18(3)4/h5-9,17H,10-11H2,1-4H3. The molecule has 0 amide bonds. The van der Waals surface area contributed by atoms with Gasteiger partial charge in [0.1, 0.15) is 23.9 Å². The Kier molecular flexibility index (Phi) is 4.69. The maximum atomic E-state index is 5.85. The highest BCUT2D eigenvalue weighted by Crippen LogP contribution is 2.22. The predicted octanol–water partition coefficient (Wildman–Crippen LogP) is 2.95. The quantitative estimate of drug-likeness (QED) is 0.879. The highest BCUT2D eigenvalue weighted by atomic mass is 16.5. The molecule has 0 saturated carbocycles. The highest BCUT2D eigenvalue weighted by Gasteiger charge is 2.08. The summed E-state index contributed by atoms with van der Waals surface area (Å²) < 4.78 is 11.5. The molecule has 0 bridgehead atoms. The van der Waals surface area contributed by atoms with Gasteiger partial charge in [0.05, 0.1) is 6.54 Å². The van der Waals surface area contributed by atoms with Crippen LogP contribution in [0.25, 0.3) is 0 Å². The van der Waals surface area contributed by atoms with Crippen molar-refractivity contribution in [2.45, 2.75) is 20.1 Å². The van der Waals surface area contributed by atoms with Gasteiger partial charge in [0.2, 0.25) is 0 Å². The molecule has 2 aromatic rings. The Morgan fingerprint density at radius 3 is 2.75 bits per heavy atom. The van der Waals surface area contributed by atoms with Crippen LogP contribution in [0.1, 0.15) is 17.1 Å². The van der Waals surface area contributed by atoms with Gasteiger partial charge < -0.3 is 19.4 Å². The van der Waals surface area contributed by atoms with Crippen molar-refractivity contribution >= 4 is 5.69 Å². The number of anilines is 1. The van der Waals surface area contributed by atoms with Gasteiger partial charge in [-0.3, -0.25) is 0 Å². The van der Waals surface area contributed by atoms with Gasteiger partial charge in [-0.1, -0.05) is 6.07 Å². The van der Waals surface area contributed by atoms with Crippen LogP contribution in [-0.2, 0) is 13.2 Å². The van der Waals surface area contributed by atoms with Crippen LogP contribution < -0.4 is 15.0 Å². The van der Waals surface area contributed by atoms with E-state index in [-0.39, 0.29) is 0 Å². The fourth-order valence-electron chi connectivity index (χ4n) is 2.00. The molecule has 0 aliphatic carbocycles. The fraction of sp³-hybridized carbons (Fsp3) is 0.375. The number of furan rings is 1. The molecule has 4 heteroatoms. The zero-order valence-electron chi connectivity index (χ0n) is 12.6. The van der Waals surface area contributed by atoms with Gasteiger partial charge in [0.15, 0.2) is 0 Å². The molecule has 0 atom stereocenters. The smallest absolute Gasteiger partial charge is 0.121 e. The maximum absolute atomic E-state index is 5.85. The number of nitrogens with one attached hydrogen (secondary N) is 1. The highest BCUT2D eigenvalue weighted by molar-refractivity contribution is 5.49. The first-order valence-corrected chi connectivity index (χ1v) is 6.73. The molecule has 4 nitrogen and oxygen atoms in total. The Morgan fingerprint density at radius 1 is 1.25 bits per heavy atom. The average Bonchev–Trinajstić information content (AvgIpc) is 2.77. The molecule has 0 unspecified atom stereocenters. The molecule has 1 N–H and O–H groups in total. The SMILES string of the molecule is CNCc1cc(COc2cccc(N(C)C)c2)c(C)o1. The van der Waals surface area contributed by atoms with Crippen LogP contribution in [0.2, 0.25) is 0 Å². The zero-order chi connectivity index (χ0) is 14.5. The van der Waals surface area contributed by atoms with Gasteiger partial charge in [-0.25, -0.2) is 0 Å². The molecule has 0 aliphatic heterocycles. The number of hydrogen-bond donors (Lipinski definition) is 1. The lowest BCUT2D eigenvalue weighted by atomic mass is 10.2. The monoisotopic (exact) mass is 274 g/mol. The van der Waals surface area contributed by atoms with Crippen molar-refractivity contribution in [3.8, 4) is 5.75 Å². The summed E-state index contributed by atoms with van der Waals surface area (Å²) in [4.78, 5) is 2.06. The van der Waals surface area contributed by atoms with E-state index in [1.165, 1.54) is 0 Å². The van der Waals surface area contributed by atoms with Crippen molar-refractivity contribution in [2.75, 3.05) is 26.0 Å². The molecule has 0 aliphatic rings. The molecule has 0 fully saturated rings. The van der Waals surface area contributed by atoms with Gasteiger partial charge in [0.25, 0.3) is 0 Å². The molecular formula is C16H22N2O2. The van der Waals surface area contributed by atoms with E-state index in [1.54, 1.807) is 0 Å². The van der Waals surface area contributed by atoms with Gasteiger partial charge in [-0.05, 0) is 32.2 Å². The van der Waals surface area contributed by atoms with Crippen LogP contribution in [0.3, 0.4) is 0 Å². The summed E-state index contributed by atoms with van der Waals surface area (Å²) in [5.41, 5.74) is 2.22. The third-order valence-corrected chi connectivity index (χ3v) is 3.15. The number of aryl methyl sites for hydroxylation is 1. The molecule has 1 aromatic heterocycles. The van der Waals surface area contributed by atoms with Crippen LogP contribution >= 0.6 is 0 Å². The lowest BCUT2D eigenvalue weighted by Gasteiger charge is -2.13. The molecule has 20 heavy (non-hydrogen) atoms. The van der Waals surface area contributed by atoms with E-state index < -0.39 is 0 Å². The minimum absolute atomic E-state index is 0.524. The maximum Gasteiger partial charge on any atom is 0.121 e. The zero-order valence-corrected chi connectivity index (χ0v) is 12.6. The number of rotatable bonds is 6. The summed E-state index contributed by atoms with van der Waals surface area (Å²) in [6.07, 6.45) is 0. The summed E-state index contributed by atoms with van der Waals surface area (Å²) in [5.74, 6) is 2.72. The normalized spacial score (nSPS) is 10.6. The third-order valence-electron chi connectivity index (χ3n) is 3.15. The number of nitrogens with zero attached hydrogens (tertiary/aromatic N) is 1. The van der Waals surface area contributed by atoms with Crippen LogP contribution in [0.5, 0.6) is 5.75 Å². The number of hydrogen-bond acceptors (Lipinski definition) is 4. The number of ether oxygens (including phenoxy) is 1. The Labute approximate surface area is 120 Å². The first-order chi connectivity index (χ1) is 9.60. The van der Waals surface area contributed by atoms with Crippen LogP contribution in [0.4, 0.5) is 5.69 Å². The Morgan fingerprint density at radius 2 is 2.05 bits per heavy atom. The molecule has 0 saturated heterocycles. The first kappa shape index (κ1) is 14.5. The topological polar surface area (TPSA) is 37.6 Å². The van der Waals surface area contributed by atoms with Crippen molar-refractivity contribution < 1.29 is 9.15 Å². The van der Waals surface area contributed by atoms with Gasteiger partial charge in [-0.15, -0.1) is 0 Å². The fourth-order valence-corrected chi connectivity index (χ4v) is 2.00. The number of benzene rings is 1. The Balaban J connectivity index is 2.03.